The van der Waals surface area contributed by atoms with Crippen LogP contribution in [0.1, 0.15) is 23.1 Å². The van der Waals surface area contributed by atoms with Gasteiger partial charge in [0.2, 0.25) is 0 Å². The second kappa shape index (κ2) is 5.26. The zero-order chi connectivity index (χ0) is 12.6. The topological polar surface area (TPSA) is 38.0 Å². The van der Waals surface area contributed by atoms with Gasteiger partial charge in [-0.15, -0.1) is 11.3 Å². The highest BCUT2D eigenvalue weighted by Gasteiger charge is 2.17. The van der Waals surface area contributed by atoms with Crippen molar-refractivity contribution >= 4 is 45.5 Å². The summed E-state index contributed by atoms with van der Waals surface area (Å²) >= 11 is 10.0. The fourth-order valence-corrected chi connectivity index (χ4v) is 3.36. The molecule has 0 saturated heterocycles. The van der Waals surface area contributed by atoms with Gasteiger partial charge in [-0.25, -0.2) is 0 Å². The van der Waals surface area contributed by atoms with E-state index < -0.39 is 6.10 Å². The molecule has 0 aliphatic carbocycles. The number of aromatic nitrogens is 2. The molecule has 0 amide bonds. The third-order valence-electron chi connectivity index (χ3n) is 2.62. The fourth-order valence-electron chi connectivity index (χ4n) is 1.70. The maximum atomic E-state index is 10.1. The maximum Gasteiger partial charge on any atom is 0.0854 e. The molecule has 0 fully saturated rings. The average Bonchev–Trinajstić information content (AvgIpc) is 2.79. The number of hydrogen-bond donors (Lipinski definition) is 1. The molecule has 92 valence electrons. The minimum Gasteiger partial charge on any atom is -0.388 e. The largest absolute Gasteiger partial charge is 0.388 e. The van der Waals surface area contributed by atoms with Gasteiger partial charge in [-0.05, 0) is 46.5 Å². The first-order valence-corrected chi connectivity index (χ1v) is 7.42. The highest BCUT2D eigenvalue weighted by Crippen LogP contribution is 2.28. The van der Waals surface area contributed by atoms with Crippen LogP contribution in [0.3, 0.4) is 0 Å². The summed E-state index contributed by atoms with van der Waals surface area (Å²) in [6.45, 7) is 1.87. The number of thiophene rings is 1. The van der Waals surface area contributed by atoms with Gasteiger partial charge in [-0.2, -0.15) is 5.10 Å². The van der Waals surface area contributed by atoms with E-state index in [0.717, 1.165) is 17.0 Å². The van der Waals surface area contributed by atoms with Crippen LogP contribution in [-0.2, 0) is 13.5 Å². The Kier molecular flexibility index (Phi) is 4.12. The molecule has 1 N–H and O–H groups in total. The molecule has 0 aromatic carbocycles. The Morgan fingerprint density at radius 3 is 2.82 bits per heavy atom. The lowest BCUT2D eigenvalue weighted by Gasteiger charge is -2.09. The van der Waals surface area contributed by atoms with Crippen molar-refractivity contribution in [1.29, 1.82) is 0 Å². The highest BCUT2D eigenvalue weighted by atomic mass is 127. The molecule has 0 aliphatic rings. The van der Waals surface area contributed by atoms with Crippen LogP contribution < -0.4 is 0 Å². The fraction of sp³-hybridized carbons (Fsp3) is 0.364. The lowest BCUT2D eigenvalue weighted by molar-refractivity contribution is 0.176. The van der Waals surface area contributed by atoms with Gasteiger partial charge in [0.1, 0.15) is 0 Å². The first-order chi connectivity index (χ1) is 7.99. The van der Waals surface area contributed by atoms with E-state index in [1.54, 1.807) is 16.0 Å². The zero-order valence-electron chi connectivity index (χ0n) is 9.44. The van der Waals surface area contributed by atoms with Gasteiger partial charge < -0.3 is 5.11 Å². The Morgan fingerprint density at radius 1 is 1.65 bits per heavy atom. The van der Waals surface area contributed by atoms with Crippen LogP contribution in [0.5, 0.6) is 0 Å². The predicted octanol–water partition coefficient (Wildman–Crippen LogP) is 3.32. The van der Waals surface area contributed by atoms with Crippen LogP contribution in [-0.4, -0.2) is 14.9 Å². The van der Waals surface area contributed by atoms with Crippen LogP contribution in [0.4, 0.5) is 0 Å². The van der Waals surface area contributed by atoms with Gasteiger partial charge in [-0.3, -0.25) is 4.68 Å². The van der Waals surface area contributed by atoms with Gasteiger partial charge in [-0.1, -0.05) is 11.6 Å². The summed E-state index contributed by atoms with van der Waals surface area (Å²) in [5.41, 5.74) is 2.61. The Labute approximate surface area is 123 Å². The number of hydrogen-bond acceptors (Lipinski definition) is 3. The molecule has 0 spiro atoms. The number of halogens is 2. The molecule has 6 heteroatoms. The molecule has 0 bridgehead atoms. The van der Waals surface area contributed by atoms with Crippen molar-refractivity contribution in [3.63, 3.8) is 0 Å². The third-order valence-corrected chi connectivity index (χ3v) is 4.92. The standard InChI is InChI=1S/C11H12ClIN2OS/c1-6-11(12)8(15(2)14-6)4-9(16)7-3-10(13)17-5-7/h3,5,9,16H,4H2,1-2H3. The van der Waals surface area contributed by atoms with E-state index in [9.17, 15) is 5.11 Å². The molecule has 2 rings (SSSR count). The van der Waals surface area contributed by atoms with E-state index in [1.807, 2.05) is 25.4 Å². The lowest BCUT2D eigenvalue weighted by atomic mass is 10.1. The van der Waals surface area contributed by atoms with Crippen molar-refractivity contribution in [2.45, 2.75) is 19.4 Å². The van der Waals surface area contributed by atoms with Crippen molar-refractivity contribution < 1.29 is 5.11 Å². The van der Waals surface area contributed by atoms with Crippen molar-refractivity contribution in [3.05, 3.63) is 36.3 Å². The van der Waals surface area contributed by atoms with Gasteiger partial charge >= 0.3 is 0 Å². The van der Waals surface area contributed by atoms with Gasteiger partial charge in [0.15, 0.2) is 0 Å². The summed E-state index contributed by atoms with van der Waals surface area (Å²) in [4.78, 5) is 0. The average molecular weight is 383 g/mol. The summed E-state index contributed by atoms with van der Waals surface area (Å²) in [6, 6.07) is 1.99. The molecule has 0 saturated carbocycles. The van der Waals surface area contributed by atoms with Crippen LogP contribution in [0.25, 0.3) is 0 Å². The molecule has 2 aromatic heterocycles. The molecule has 17 heavy (non-hydrogen) atoms. The predicted molar refractivity (Wildman–Crippen MR) is 78.7 cm³/mol. The summed E-state index contributed by atoms with van der Waals surface area (Å²) in [5, 5.41) is 17.0. The molecule has 2 heterocycles. The minimum absolute atomic E-state index is 0.489. The molecule has 1 atom stereocenters. The quantitative estimate of drug-likeness (QED) is 0.827. The van der Waals surface area contributed by atoms with Crippen LogP contribution in [0.15, 0.2) is 11.4 Å². The Bertz CT molecular complexity index is 538. The van der Waals surface area contributed by atoms with E-state index in [-0.39, 0.29) is 0 Å². The van der Waals surface area contributed by atoms with E-state index >= 15 is 0 Å². The molecular weight excluding hydrogens is 371 g/mol. The number of aryl methyl sites for hydroxylation is 2. The second-order valence-corrected chi connectivity index (χ2v) is 7.06. The summed E-state index contributed by atoms with van der Waals surface area (Å²) in [7, 11) is 1.85. The lowest BCUT2D eigenvalue weighted by Crippen LogP contribution is -2.06. The second-order valence-electron chi connectivity index (χ2n) is 3.87. The molecule has 0 aliphatic heterocycles. The zero-order valence-corrected chi connectivity index (χ0v) is 13.2. The maximum absolute atomic E-state index is 10.1. The van der Waals surface area contributed by atoms with Crippen molar-refractivity contribution in [1.82, 2.24) is 9.78 Å². The number of nitrogens with zero attached hydrogens (tertiary/aromatic N) is 2. The Hall–Kier alpha value is -0.110. The number of rotatable bonds is 3. The minimum atomic E-state index is -0.526. The van der Waals surface area contributed by atoms with Gasteiger partial charge in [0, 0.05) is 13.5 Å². The summed E-state index contributed by atoms with van der Waals surface area (Å²) in [5.74, 6) is 0. The van der Waals surface area contributed by atoms with E-state index in [4.69, 9.17) is 11.6 Å². The molecule has 2 aromatic rings. The smallest absolute Gasteiger partial charge is 0.0854 e. The summed E-state index contributed by atoms with van der Waals surface area (Å²) < 4.78 is 2.90. The molecule has 0 radical (unpaired) electrons. The van der Waals surface area contributed by atoms with E-state index in [1.165, 1.54) is 2.88 Å². The Morgan fingerprint density at radius 2 is 2.35 bits per heavy atom. The molecule has 1 unspecified atom stereocenters. The van der Waals surface area contributed by atoms with Gasteiger partial charge in [0.25, 0.3) is 0 Å². The normalized spacial score (nSPS) is 13.0. The molecule has 3 nitrogen and oxygen atoms in total. The van der Waals surface area contributed by atoms with E-state index in [0.29, 0.717) is 11.4 Å². The monoisotopic (exact) mass is 382 g/mol. The first-order valence-electron chi connectivity index (χ1n) is 5.09. The van der Waals surface area contributed by atoms with Crippen LogP contribution in [0.2, 0.25) is 5.02 Å². The van der Waals surface area contributed by atoms with Crippen LogP contribution >= 0.6 is 45.5 Å². The summed E-state index contributed by atoms with van der Waals surface area (Å²) in [6.07, 6.45) is -0.0368. The van der Waals surface area contributed by atoms with Crippen LogP contribution in [0, 0.1) is 9.81 Å². The number of aliphatic hydroxyl groups excluding tert-OH is 1. The van der Waals surface area contributed by atoms with Gasteiger partial charge in [0.05, 0.1) is 25.4 Å². The molecular formula is C11H12ClIN2OS. The van der Waals surface area contributed by atoms with Crippen molar-refractivity contribution in [2.24, 2.45) is 7.05 Å². The first kappa shape index (κ1) is 13.3. The van der Waals surface area contributed by atoms with E-state index in [2.05, 4.69) is 27.7 Å². The van der Waals surface area contributed by atoms with Crippen molar-refractivity contribution in [3.8, 4) is 0 Å². The Balaban J connectivity index is 2.21. The highest BCUT2D eigenvalue weighted by molar-refractivity contribution is 14.1. The number of aliphatic hydroxyl groups is 1. The van der Waals surface area contributed by atoms with Crippen molar-refractivity contribution in [2.75, 3.05) is 0 Å². The third kappa shape index (κ3) is 2.83. The SMILES string of the molecule is Cc1nn(C)c(CC(O)c2csc(I)c2)c1Cl.